The molecule has 25 heavy (non-hydrogen) atoms. The van der Waals surface area contributed by atoms with Gasteiger partial charge in [0.05, 0.1) is 12.7 Å². The normalized spacial score (nSPS) is 10.2. The summed E-state index contributed by atoms with van der Waals surface area (Å²) in [6.07, 6.45) is 1.54. The number of anilines is 3. The van der Waals surface area contributed by atoms with Crippen LogP contribution in [-0.4, -0.2) is 18.0 Å². The molecule has 0 aliphatic rings. The summed E-state index contributed by atoms with van der Waals surface area (Å²) in [5.74, 6) is 1.24. The van der Waals surface area contributed by atoms with Crippen LogP contribution in [0.1, 0.15) is 10.4 Å². The van der Waals surface area contributed by atoms with Crippen molar-refractivity contribution in [1.82, 2.24) is 4.98 Å². The van der Waals surface area contributed by atoms with Crippen molar-refractivity contribution in [3.05, 3.63) is 76.9 Å². The lowest BCUT2D eigenvalue weighted by Crippen LogP contribution is -2.12. The number of carbonyl (C=O) groups excluding carboxylic acids is 1. The second kappa shape index (κ2) is 7.81. The molecule has 0 radical (unpaired) electrons. The maximum absolute atomic E-state index is 12.3. The third-order valence-corrected chi connectivity index (χ3v) is 3.96. The van der Waals surface area contributed by atoms with Gasteiger partial charge in [-0.1, -0.05) is 22.0 Å². The van der Waals surface area contributed by atoms with Crippen LogP contribution in [0.5, 0.6) is 5.75 Å². The monoisotopic (exact) mass is 397 g/mol. The summed E-state index contributed by atoms with van der Waals surface area (Å²) in [4.78, 5) is 16.5. The van der Waals surface area contributed by atoms with Crippen LogP contribution in [0, 0.1) is 0 Å². The minimum atomic E-state index is -0.207. The van der Waals surface area contributed by atoms with Crippen LogP contribution in [0.25, 0.3) is 0 Å². The first-order valence-corrected chi connectivity index (χ1v) is 8.37. The zero-order chi connectivity index (χ0) is 17.6. The molecule has 2 aromatic carbocycles. The summed E-state index contributed by atoms with van der Waals surface area (Å²) >= 11 is 3.38. The van der Waals surface area contributed by atoms with E-state index in [4.69, 9.17) is 4.74 Å². The number of pyridine rings is 1. The Bertz CT molecular complexity index is 865. The Kier molecular flexibility index (Phi) is 5.30. The molecular weight excluding hydrogens is 382 g/mol. The predicted molar refractivity (Wildman–Crippen MR) is 103 cm³/mol. The van der Waals surface area contributed by atoms with Crippen LogP contribution < -0.4 is 15.4 Å². The number of methoxy groups -OCH3 is 1. The van der Waals surface area contributed by atoms with E-state index >= 15 is 0 Å². The van der Waals surface area contributed by atoms with Gasteiger partial charge in [-0.05, 0) is 54.6 Å². The molecule has 0 aliphatic heterocycles. The van der Waals surface area contributed by atoms with E-state index in [1.54, 1.807) is 25.4 Å². The minimum absolute atomic E-state index is 0.207. The van der Waals surface area contributed by atoms with E-state index in [1.165, 1.54) is 0 Å². The molecule has 6 heteroatoms. The first-order chi connectivity index (χ1) is 12.1. The van der Waals surface area contributed by atoms with Gasteiger partial charge < -0.3 is 15.4 Å². The highest BCUT2D eigenvalue weighted by Gasteiger charge is 2.07. The smallest absolute Gasteiger partial charge is 0.257 e. The van der Waals surface area contributed by atoms with E-state index in [0.29, 0.717) is 11.4 Å². The van der Waals surface area contributed by atoms with Gasteiger partial charge in [0.15, 0.2) is 0 Å². The third kappa shape index (κ3) is 4.58. The molecule has 0 bridgehead atoms. The maximum Gasteiger partial charge on any atom is 0.257 e. The van der Waals surface area contributed by atoms with Crippen molar-refractivity contribution in [3.63, 3.8) is 0 Å². The van der Waals surface area contributed by atoms with Gasteiger partial charge in [0.25, 0.3) is 5.91 Å². The standard InChI is InChI=1S/C19H16BrN3O2/c1-25-17-8-6-15(7-9-17)22-18-10-5-13(12-21-18)19(24)23-16-4-2-3-14(20)11-16/h2-12H,1H3,(H,21,22)(H,23,24). The number of hydrogen-bond donors (Lipinski definition) is 2. The quantitative estimate of drug-likeness (QED) is 0.645. The highest BCUT2D eigenvalue weighted by molar-refractivity contribution is 9.10. The van der Waals surface area contributed by atoms with Crippen molar-refractivity contribution in [3.8, 4) is 5.75 Å². The van der Waals surface area contributed by atoms with Crippen LogP contribution in [-0.2, 0) is 0 Å². The maximum atomic E-state index is 12.3. The number of amides is 1. The van der Waals surface area contributed by atoms with Crippen molar-refractivity contribution in [2.24, 2.45) is 0 Å². The molecule has 0 atom stereocenters. The Morgan fingerprint density at radius 2 is 1.84 bits per heavy atom. The number of nitrogens with one attached hydrogen (secondary N) is 2. The molecule has 0 aliphatic carbocycles. The van der Waals surface area contributed by atoms with Crippen LogP contribution >= 0.6 is 15.9 Å². The number of rotatable bonds is 5. The molecule has 0 saturated heterocycles. The van der Waals surface area contributed by atoms with E-state index in [9.17, 15) is 4.79 Å². The number of halogens is 1. The van der Waals surface area contributed by atoms with Crippen LogP contribution in [0.2, 0.25) is 0 Å². The van der Waals surface area contributed by atoms with Gasteiger partial charge in [0.1, 0.15) is 11.6 Å². The van der Waals surface area contributed by atoms with Gasteiger partial charge in [-0.25, -0.2) is 4.98 Å². The lowest BCUT2D eigenvalue weighted by Gasteiger charge is -2.08. The highest BCUT2D eigenvalue weighted by atomic mass is 79.9. The molecule has 0 fully saturated rings. The van der Waals surface area contributed by atoms with E-state index in [-0.39, 0.29) is 5.91 Å². The SMILES string of the molecule is COc1ccc(Nc2ccc(C(=O)Nc3cccc(Br)c3)cn2)cc1. The molecule has 0 saturated carbocycles. The Labute approximate surface area is 154 Å². The average molecular weight is 398 g/mol. The minimum Gasteiger partial charge on any atom is -0.497 e. The second-order valence-corrected chi connectivity index (χ2v) is 6.17. The number of benzene rings is 2. The average Bonchev–Trinajstić information content (AvgIpc) is 2.63. The molecule has 1 amide bonds. The molecule has 0 spiro atoms. The Morgan fingerprint density at radius 1 is 1.04 bits per heavy atom. The van der Waals surface area contributed by atoms with E-state index in [2.05, 4.69) is 31.5 Å². The van der Waals surface area contributed by atoms with Crippen molar-refractivity contribution >= 4 is 39.0 Å². The fourth-order valence-electron chi connectivity index (χ4n) is 2.19. The summed E-state index contributed by atoms with van der Waals surface area (Å²) in [6, 6.07) is 18.4. The fourth-order valence-corrected chi connectivity index (χ4v) is 2.59. The van der Waals surface area contributed by atoms with E-state index < -0.39 is 0 Å². The third-order valence-electron chi connectivity index (χ3n) is 3.47. The number of carbonyl (C=O) groups is 1. The number of nitrogens with zero attached hydrogens (tertiary/aromatic N) is 1. The van der Waals surface area contributed by atoms with Crippen LogP contribution in [0.15, 0.2) is 71.3 Å². The van der Waals surface area contributed by atoms with Gasteiger partial charge >= 0.3 is 0 Å². The van der Waals surface area contributed by atoms with Crippen molar-refractivity contribution < 1.29 is 9.53 Å². The highest BCUT2D eigenvalue weighted by Crippen LogP contribution is 2.19. The molecule has 126 valence electrons. The van der Waals surface area contributed by atoms with Gasteiger partial charge in [-0.15, -0.1) is 0 Å². The van der Waals surface area contributed by atoms with Gasteiger partial charge in [0, 0.05) is 22.0 Å². The van der Waals surface area contributed by atoms with Gasteiger partial charge in [-0.2, -0.15) is 0 Å². The zero-order valence-corrected chi connectivity index (χ0v) is 15.1. The fraction of sp³-hybridized carbons (Fsp3) is 0.0526. The Hall–Kier alpha value is -2.86. The van der Waals surface area contributed by atoms with Gasteiger partial charge in [-0.3, -0.25) is 4.79 Å². The molecule has 2 N–H and O–H groups in total. The van der Waals surface area contributed by atoms with Crippen LogP contribution in [0.3, 0.4) is 0 Å². The molecule has 1 aromatic heterocycles. The lowest BCUT2D eigenvalue weighted by molar-refractivity contribution is 0.102. The van der Waals surface area contributed by atoms with E-state index in [1.807, 2.05) is 48.5 Å². The zero-order valence-electron chi connectivity index (χ0n) is 13.5. The number of hydrogen-bond acceptors (Lipinski definition) is 4. The van der Waals surface area contributed by atoms with Crippen molar-refractivity contribution in [2.45, 2.75) is 0 Å². The summed E-state index contributed by atoms with van der Waals surface area (Å²) < 4.78 is 6.03. The molecule has 1 heterocycles. The summed E-state index contributed by atoms with van der Waals surface area (Å²) in [5, 5.41) is 6.01. The summed E-state index contributed by atoms with van der Waals surface area (Å²) in [5.41, 5.74) is 2.10. The Balaban J connectivity index is 1.65. The second-order valence-electron chi connectivity index (χ2n) is 5.25. The largest absolute Gasteiger partial charge is 0.497 e. The van der Waals surface area contributed by atoms with E-state index in [0.717, 1.165) is 21.6 Å². The molecule has 3 rings (SSSR count). The van der Waals surface area contributed by atoms with Crippen LogP contribution in [0.4, 0.5) is 17.2 Å². The molecule has 0 unspecified atom stereocenters. The Morgan fingerprint density at radius 3 is 2.48 bits per heavy atom. The predicted octanol–water partition coefficient (Wildman–Crippen LogP) is 4.85. The lowest BCUT2D eigenvalue weighted by atomic mass is 10.2. The summed E-state index contributed by atoms with van der Waals surface area (Å²) in [6.45, 7) is 0. The topological polar surface area (TPSA) is 63.2 Å². The first kappa shape index (κ1) is 17.0. The van der Waals surface area contributed by atoms with Gasteiger partial charge in [0.2, 0.25) is 0 Å². The van der Waals surface area contributed by atoms with Crippen molar-refractivity contribution in [2.75, 3.05) is 17.7 Å². The molecule has 5 nitrogen and oxygen atoms in total. The molecular formula is C19H16BrN3O2. The summed E-state index contributed by atoms with van der Waals surface area (Å²) in [7, 11) is 1.63. The van der Waals surface area contributed by atoms with Crippen molar-refractivity contribution in [1.29, 1.82) is 0 Å². The number of aromatic nitrogens is 1. The molecule has 3 aromatic rings. The first-order valence-electron chi connectivity index (χ1n) is 7.58. The number of ether oxygens (including phenoxy) is 1.